The zero-order valence-electron chi connectivity index (χ0n) is 65.2. The van der Waals surface area contributed by atoms with E-state index in [1.165, 1.54) is 18.5 Å². The van der Waals surface area contributed by atoms with E-state index in [1.807, 2.05) is 55.4 Å². The van der Waals surface area contributed by atoms with Crippen molar-refractivity contribution in [2.24, 2.45) is 0 Å². The molecule has 0 unspecified atom stereocenters. The van der Waals surface area contributed by atoms with Crippen LogP contribution in [-0.4, -0.2) is 163 Å². The van der Waals surface area contributed by atoms with Crippen LogP contribution in [0.4, 0.5) is 0 Å². The Labute approximate surface area is 533 Å². The molecule has 7 nitrogen and oxygen atoms in total. The van der Waals surface area contributed by atoms with Gasteiger partial charge in [-0.2, -0.15) is 0 Å². The van der Waals surface area contributed by atoms with E-state index in [2.05, 4.69) is 249 Å². The van der Waals surface area contributed by atoms with E-state index in [9.17, 15) is 20.4 Å². The molecule has 0 aliphatic heterocycles. The molecule has 0 heterocycles. The minimum atomic E-state index is -2.79. The smallest absolute Gasteiger partial charge is 0.417 e. The molecule has 82 heavy (non-hydrogen) atoms. The fourth-order valence-corrected chi connectivity index (χ4v) is 217. The summed E-state index contributed by atoms with van der Waals surface area (Å²) in [6.45, 7) is 110. The second-order valence-electron chi connectivity index (χ2n) is 41.3. The molecule has 0 aromatic heterocycles. The van der Waals surface area contributed by atoms with Crippen LogP contribution in [0.1, 0.15) is 87.5 Å². The summed E-state index contributed by atoms with van der Waals surface area (Å²) in [4.78, 5) is 0. The van der Waals surface area contributed by atoms with Crippen LogP contribution in [0.25, 0.3) is 0 Å². The first kappa shape index (κ1) is 91.4. The maximum absolute atomic E-state index is 10.3. The number of rotatable bonds is 28. The van der Waals surface area contributed by atoms with Crippen LogP contribution in [0.5, 0.6) is 0 Å². The van der Waals surface area contributed by atoms with Crippen molar-refractivity contribution in [2.45, 2.75) is 385 Å². The maximum Gasteiger partial charge on any atom is 0.469 e. The third-order valence-corrected chi connectivity index (χ3v) is 163. The van der Waals surface area contributed by atoms with Gasteiger partial charge in [-0.05, 0) is 148 Å². The first-order valence-corrected chi connectivity index (χ1v) is 84.5. The molecule has 0 saturated carbocycles. The van der Waals surface area contributed by atoms with Gasteiger partial charge in [0.15, 0.2) is 25.0 Å². The summed E-state index contributed by atoms with van der Waals surface area (Å²) in [5.74, 6) is 0. The first-order chi connectivity index (χ1) is 34.4. The highest BCUT2D eigenvalue weighted by atomic mass is 29.9. The lowest BCUT2D eigenvalue weighted by Crippen LogP contribution is -2.82. The van der Waals surface area contributed by atoms with E-state index in [0.717, 1.165) is 19.3 Å². The zero-order valence-corrected chi connectivity index (χ0v) is 80.2. The molecule has 0 radical (unpaired) electrons. The fourth-order valence-electron chi connectivity index (χ4n) is 19.3. The molecule has 0 saturated heterocycles. The van der Waals surface area contributed by atoms with Gasteiger partial charge in [-0.15, -0.1) is 0 Å². The molecule has 0 fully saturated rings. The van der Waals surface area contributed by atoms with E-state index >= 15 is 0 Å². The van der Waals surface area contributed by atoms with Crippen molar-refractivity contribution in [3.63, 3.8) is 0 Å². The van der Waals surface area contributed by atoms with Crippen LogP contribution in [0.3, 0.4) is 0 Å². The SMILES string of the molecule is CC(C)(O)CCC([Si](C)(C)C)([Si](C)(C)C)[Si](C)(C)C.CC(C)(O)CC[Si](C)(C)C([Si](C)(C)C)([Si](C)(C)C)[Si](C)(C)C.CC(C)(O)CC[Si](O[Si](C)(C)C)(O[Si](C)(C)C)O[Si](C)(C)C.CC(C)(O)CC[Si]([Si](C)(C)C)([Si](C)(C)C)[Si](C)(C)C. The zero-order chi connectivity index (χ0) is 68.3. The molecule has 0 rings (SSSR count). The summed E-state index contributed by atoms with van der Waals surface area (Å²) in [5, 5.41) is 40.9. The van der Waals surface area contributed by atoms with Gasteiger partial charge >= 0.3 is 8.80 Å². The Bertz CT molecular complexity index is 1640. The average molecular weight is 1410 g/mol. The summed E-state index contributed by atoms with van der Waals surface area (Å²) < 4.78 is 20.9. The monoisotopic (exact) mass is 1410 g/mol. The molecule has 0 aromatic rings. The van der Waals surface area contributed by atoms with Crippen molar-refractivity contribution in [3.05, 3.63) is 0 Å². The molecule has 500 valence electrons. The molecule has 0 aromatic carbocycles. The van der Waals surface area contributed by atoms with E-state index in [-0.39, 0.29) is 0 Å². The Hall–Kier alpha value is 2.97. The minimum absolute atomic E-state index is 0.489. The maximum atomic E-state index is 10.3. The molecule has 0 aliphatic rings. The Morgan fingerprint density at radius 1 is 0.256 bits per heavy atom. The minimum Gasteiger partial charge on any atom is -0.417 e. The van der Waals surface area contributed by atoms with E-state index < -0.39 is 142 Å². The highest BCUT2D eigenvalue weighted by Crippen LogP contribution is 2.61. The largest absolute Gasteiger partial charge is 0.469 e. The summed E-state index contributed by atoms with van der Waals surface area (Å²) in [6.07, 6.45) is 4.80. The highest BCUT2D eigenvalue weighted by molar-refractivity contribution is 7.89. The Kier molecular flexibility index (Phi) is 32.9. The van der Waals surface area contributed by atoms with Gasteiger partial charge in [0.05, 0.1) is 22.4 Å². The summed E-state index contributed by atoms with van der Waals surface area (Å²) >= 11 is 0. The Morgan fingerprint density at radius 2 is 0.463 bits per heavy atom. The number of hydrogen-bond donors (Lipinski definition) is 4. The van der Waals surface area contributed by atoms with Gasteiger partial charge in [-0.3, -0.25) is 0 Å². The Morgan fingerprint density at radius 3 is 0.634 bits per heavy atom. The summed E-state index contributed by atoms with van der Waals surface area (Å²) in [5.41, 5.74) is -2.26. The third-order valence-electron chi connectivity index (χ3n) is 18.1. The van der Waals surface area contributed by atoms with Crippen LogP contribution in [-0.2, 0) is 12.3 Å². The number of hydrogen-bond acceptors (Lipinski definition) is 7. The Balaban J connectivity index is -0.000000496. The van der Waals surface area contributed by atoms with Gasteiger partial charge in [0, 0.05) is 92.0 Å². The average Bonchev–Trinajstić information content (AvgIpc) is 3.01. The highest BCUT2D eigenvalue weighted by Gasteiger charge is 2.67. The van der Waals surface area contributed by atoms with Crippen LogP contribution in [0, 0.1) is 0 Å². The lowest BCUT2D eigenvalue weighted by Gasteiger charge is -2.66. The van der Waals surface area contributed by atoms with Crippen LogP contribution >= 0.6 is 0 Å². The predicted molar refractivity (Wildman–Crippen MR) is 420 cm³/mol. The summed E-state index contributed by atoms with van der Waals surface area (Å²) in [7, 11) is -21.1. The molecule has 0 amide bonds. The number of aliphatic hydroxyl groups is 4. The molecule has 4 N–H and O–H groups in total. The standard InChI is InChI=1S/C17H44OSi4.C15H38OSi3.C14H38O4Si4.C14H38OSi4/c1-16(2,18)14-15-22(12,13)17(19(3,4)5,20(6,7)8)21(9,10)11;1-14(2,16)12-13-15(17(3,4)5,18(6,7)8)19(9,10)11;1-14(2,15)12-13-22(16-19(3,4)5,17-20(6,7)8)18-21(9,10)11;1-14(2,15)12-13-19(16(3,4)5,17(6,7)8)18(9,10)11/h18H,14-15H2,1-13H3;16H,12-13H2,1-11H3;15H,12-13H2,1-11H3;15H,12-13H2,1-11H3. The molecule has 0 spiro atoms. The van der Waals surface area contributed by atoms with Crippen molar-refractivity contribution in [1.29, 1.82) is 0 Å². The van der Waals surface area contributed by atoms with Crippen molar-refractivity contribution in [1.82, 2.24) is 0 Å². The molecular formula is C60H158O7Si15. The fraction of sp³-hybridized carbons (Fsp3) is 1.00. The molecule has 0 aliphatic carbocycles. The van der Waals surface area contributed by atoms with Crippen molar-refractivity contribution >= 4 is 120 Å². The van der Waals surface area contributed by atoms with Gasteiger partial charge in [-0.25, -0.2) is 0 Å². The van der Waals surface area contributed by atoms with Gasteiger partial charge in [0.1, 0.15) is 0 Å². The normalized spacial score (nSPS) is 15.7. The molecular weight excluding hydrogens is 1250 g/mol. The first-order valence-electron chi connectivity index (χ1n) is 32.4. The lowest BCUT2D eigenvalue weighted by atomic mass is 10.0. The van der Waals surface area contributed by atoms with Crippen LogP contribution in [0.15, 0.2) is 0 Å². The van der Waals surface area contributed by atoms with Crippen molar-refractivity contribution < 1.29 is 32.8 Å². The van der Waals surface area contributed by atoms with Crippen molar-refractivity contribution in [2.75, 3.05) is 0 Å². The van der Waals surface area contributed by atoms with Gasteiger partial charge in [0.25, 0.3) is 0 Å². The molecule has 0 atom stereocenters. The quantitative estimate of drug-likeness (QED) is 0.0578. The van der Waals surface area contributed by atoms with E-state index in [0.29, 0.717) is 20.7 Å². The van der Waals surface area contributed by atoms with E-state index in [1.54, 1.807) is 0 Å². The third kappa shape index (κ3) is 28.9. The molecule has 0 bridgehead atoms. The van der Waals surface area contributed by atoms with Crippen molar-refractivity contribution in [3.8, 4) is 0 Å². The summed E-state index contributed by atoms with van der Waals surface area (Å²) in [6, 6.07) is 3.34. The lowest BCUT2D eigenvalue weighted by molar-refractivity contribution is 0.0682. The van der Waals surface area contributed by atoms with Crippen LogP contribution < -0.4 is 0 Å². The second kappa shape index (κ2) is 29.5. The van der Waals surface area contributed by atoms with Gasteiger partial charge < -0.3 is 32.8 Å². The van der Waals surface area contributed by atoms with E-state index in [4.69, 9.17) is 12.3 Å². The van der Waals surface area contributed by atoms with Crippen LogP contribution in [0.2, 0.25) is 275 Å². The second-order valence-corrected chi connectivity index (χ2v) is 141. The predicted octanol–water partition coefficient (Wildman–Crippen LogP) is 21.1. The topological polar surface area (TPSA) is 109 Å². The van der Waals surface area contributed by atoms with Gasteiger partial charge in [0.2, 0.25) is 0 Å². The molecule has 22 heteroatoms. The van der Waals surface area contributed by atoms with Gasteiger partial charge in [-0.1, -0.05) is 208 Å².